The highest BCUT2D eigenvalue weighted by molar-refractivity contribution is 9.10. The fourth-order valence-electron chi connectivity index (χ4n) is 2.81. The van der Waals surface area contributed by atoms with Gasteiger partial charge in [-0.15, -0.1) is 0 Å². The van der Waals surface area contributed by atoms with Crippen LogP contribution in [0, 0.1) is 0 Å². The predicted octanol–water partition coefficient (Wildman–Crippen LogP) is 4.69. The van der Waals surface area contributed by atoms with Crippen molar-refractivity contribution in [2.24, 2.45) is 0 Å². The van der Waals surface area contributed by atoms with Crippen molar-refractivity contribution in [2.75, 3.05) is 13.2 Å². The van der Waals surface area contributed by atoms with Crippen molar-refractivity contribution < 1.29 is 19.1 Å². The highest BCUT2D eigenvalue weighted by Gasteiger charge is 2.12. The summed E-state index contributed by atoms with van der Waals surface area (Å²) in [5, 5.41) is 2.48. The van der Waals surface area contributed by atoms with Gasteiger partial charge in [0.1, 0.15) is 11.5 Å². The number of halogens is 1. The summed E-state index contributed by atoms with van der Waals surface area (Å²) < 4.78 is 11.9. The van der Waals surface area contributed by atoms with Crippen LogP contribution in [-0.2, 0) is 11.2 Å². The quantitative estimate of drug-likeness (QED) is 0.220. The zero-order chi connectivity index (χ0) is 24.1. The van der Waals surface area contributed by atoms with Gasteiger partial charge in [-0.2, -0.15) is 0 Å². The van der Waals surface area contributed by atoms with Crippen LogP contribution >= 0.6 is 28.1 Å². The summed E-state index contributed by atoms with van der Waals surface area (Å²) in [5.41, 5.74) is 6.47. The molecule has 0 atom stereocenters. The molecule has 33 heavy (non-hydrogen) atoms. The Bertz CT molecular complexity index is 938. The Hall–Kier alpha value is -2.65. The van der Waals surface area contributed by atoms with Gasteiger partial charge in [-0.25, -0.2) is 0 Å². The number of nitrogens with one attached hydrogen (secondary N) is 3. The van der Waals surface area contributed by atoms with E-state index in [1.165, 1.54) is 18.4 Å². The smallest absolute Gasteiger partial charge is 0.276 e. The molecule has 0 aliphatic heterocycles. The van der Waals surface area contributed by atoms with Crippen LogP contribution in [-0.4, -0.2) is 30.1 Å². The van der Waals surface area contributed by atoms with Gasteiger partial charge < -0.3 is 9.47 Å². The first-order valence-electron chi connectivity index (χ1n) is 11.0. The third-order valence-corrected chi connectivity index (χ3v) is 5.52. The third-order valence-electron chi connectivity index (χ3n) is 4.69. The predicted molar refractivity (Wildman–Crippen MR) is 136 cm³/mol. The zero-order valence-corrected chi connectivity index (χ0v) is 21.3. The van der Waals surface area contributed by atoms with Gasteiger partial charge in [0.25, 0.3) is 11.8 Å². The molecule has 0 aromatic heterocycles. The number of unbranched alkanes of at least 4 members (excludes halogenated alkanes) is 3. The molecule has 0 heterocycles. The van der Waals surface area contributed by atoms with E-state index in [0.29, 0.717) is 28.1 Å². The topological polar surface area (TPSA) is 88.7 Å². The maximum Gasteiger partial charge on any atom is 0.276 e. The first-order chi connectivity index (χ1) is 15.9. The lowest BCUT2D eigenvalue weighted by Crippen LogP contribution is -2.49. The number of rotatable bonds is 11. The van der Waals surface area contributed by atoms with Gasteiger partial charge in [0, 0.05) is 5.56 Å². The van der Waals surface area contributed by atoms with Crippen molar-refractivity contribution >= 4 is 45.1 Å². The van der Waals surface area contributed by atoms with Crippen molar-refractivity contribution in [3.8, 4) is 11.5 Å². The summed E-state index contributed by atoms with van der Waals surface area (Å²) in [6.45, 7) is 4.67. The van der Waals surface area contributed by atoms with Crippen molar-refractivity contribution in [2.45, 2.75) is 46.0 Å². The van der Waals surface area contributed by atoms with Gasteiger partial charge in [0.2, 0.25) is 0 Å². The van der Waals surface area contributed by atoms with E-state index in [4.69, 9.17) is 21.7 Å². The second kappa shape index (κ2) is 14.5. The molecule has 0 fully saturated rings. The molecule has 2 amide bonds. The average Bonchev–Trinajstić information content (AvgIpc) is 2.82. The lowest BCUT2D eigenvalue weighted by atomic mass is 10.2. The van der Waals surface area contributed by atoms with Crippen LogP contribution < -0.4 is 25.6 Å². The van der Waals surface area contributed by atoms with Gasteiger partial charge in [0.05, 0.1) is 11.1 Å². The fourth-order valence-corrected chi connectivity index (χ4v) is 3.45. The molecule has 0 spiro atoms. The molecule has 0 aliphatic carbocycles. The van der Waals surface area contributed by atoms with Crippen LogP contribution in [0.25, 0.3) is 0 Å². The largest absolute Gasteiger partial charge is 0.492 e. The normalized spacial score (nSPS) is 10.3. The summed E-state index contributed by atoms with van der Waals surface area (Å²) in [7, 11) is 0. The highest BCUT2D eigenvalue weighted by Crippen LogP contribution is 2.26. The number of hydrogen-bond donors (Lipinski definition) is 3. The molecule has 0 bridgehead atoms. The molecule has 2 aromatic carbocycles. The molecule has 0 radical (unpaired) electrons. The van der Waals surface area contributed by atoms with E-state index >= 15 is 0 Å². The summed E-state index contributed by atoms with van der Waals surface area (Å²) in [6, 6.07) is 12.6. The summed E-state index contributed by atoms with van der Waals surface area (Å²) in [5.74, 6) is 0.427. The molecule has 2 aromatic rings. The number of hydrogen-bond acceptors (Lipinski definition) is 5. The van der Waals surface area contributed by atoms with Crippen molar-refractivity contribution in [1.29, 1.82) is 0 Å². The first kappa shape index (κ1) is 26.6. The van der Waals surface area contributed by atoms with Gasteiger partial charge in [0.15, 0.2) is 11.7 Å². The number of carbonyl (C=O) groups excluding carboxylic acids is 2. The van der Waals surface area contributed by atoms with Crippen molar-refractivity contribution in [3.63, 3.8) is 0 Å². The van der Waals surface area contributed by atoms with Crippen LogP contribution in [0.1, 0.15) is 55.5 Å². The minimum atomic E-state index is -0.436. The number of thiocarbonyl (C=S) groups is 1. The SMILES string of the molecule is CCCCCCOc1ccc(C(=O)NC(=S)NNC(=O)COc2ccc(CC)cc2)cc1Br. The molecule has 7 nitrogen and oxygen atoms in total. The van der Waals surface area contributed by atoms with E-state index in [-0.39, 0.29) is 11.7 Å². The summed E-state index contributed by atoms with van der Waals surface area (Å²) in [4.78, 5) is 24.4. The summed E-state index contributed by atoms with van der Waals surface area (Å²) >= 11 is 8.50. The molecule has 2 rings (SSSR count). The molecular weight excluding hydrogens is 506 g/mol. The van der Waals surface area contributed by atoms with Gasteiger partial charge in [-0.1, -0.05) is 45.2 Å². The standard InChI is InChI=1S/C24H30BrN3O4S/c1-3-5-6-7-14-31-21-13-10-18(15-20(21)25)23(30)26-24(33)28-27-22(29)16-32-19-11-8-17(4-2)9-12-19/h8-13,15H,3-7,14,16H2,1-2H3,(H,27,29)(H2,26,28,30,33). The van der Waals surface area contributed by atoms with E-state index < -0.39 is 11.8 Å². The number of benzene rings is 2. The molecule has 0 saturated heterocycles. The maximum absolute atomic E-state index is 12.4. The first-order valence-corrected chi connectivity index (χ1v) is 12.2. The van der Waals surface area contributed by atoms with E-state index in [1.807, 2.05) is 24.3 Å². The van der Waals surface area contributed by atoms with E-state index in [0.717, 1.165) is 19.3 Å². The van der Waals surface area contributed by atoms with E-state index in [9.17, 15) is 9.59 Å². The zero-order valence-electron chi connectivity index (χ0n) is 18.9. The van der Waals surface area contributed by atoms with E-state index in [2.05, 4.69) is 45.9 Å². The molecule has 3 N–H and O–H groups in total. The minimum Gasteiger partial charge on any atom is -0.492 e. The van der Waals surface area contributed by atoms with Crippen LogP contribution in [0.15, 0.2) is 46.9 Å². The molecule has 0 aliphatic rings. The molecular formula is C24H30BrN3O4S. The number of carbonyl (C=O) groups is 2. The lowest BCUT2D eigenvalue weighted by Gasteiger charge is -2.12. The molecule has 0 saturated carbocycles. The number of amides is 2. The Labute approximate surface area is 208 Å². The van der Waals surface area contributed by atoms with Crippen LogP contribution in [0.3, 0.4) is 0 Å². The van der Waals surface area contributed by atoms with Crippen LogP contribution in [0.2, 0.25) is 0 Å². The molecule has 0 unspecified atom stereocenters. The Morgan fingerprint density at radius 3 is 2.39 bits per heavy atom. The van der Waals surface area contributed by atoms with Crippen molar-refractivity contribution in [1.82, 2.24) is 16.2 Å². The highest BCUT2D eigenvalue weighted by atomic mass is 79.9. The Balaban J connectivity index is 1.72. The van der Waals surface area contributed by atoms with Crippen LogP contribution in [0.5, 0.6) is 11.5 Å². The molecule has 9 heteroatoms. The number of hydrazine groups is 1. The maximum atomic E-state index is 12.4. The van der Waals surface area contributed by atoms with Crippen LogP contribution in [0.4, 0.5) is 0 Å². The Morgan fingerprint density at radius 1 is 0.970 bits per heavy atom. The second-order valence-corrected chi connectivity index (χ2v) is 8.56. The minimum absolute atomic E-state index is 0.0342. The average molecular weight is 536 g/mol. The number of aryl methyl sites for hydroxylation is 1. The monoisotopic (exact) mass is 535 g/mol. The van der Waals surface area contributed by atoms with Crippen molar-refractivity contribution in [3.05, 3.63) is 58.1 Å². The van der Waals surface area contributed by atoms with Gasteiger partial charge in [-0.05, 0) is 76.9 Å². The fraction of sp³-hybridized carbons (Fsp3) is 0.375. The lowest BCUT2D eigenvalue weighted by molar-refractivity contribution is -0.123. The number of ether oxygens (including phenoxy) is 2. The second-order valence-electron chi connectivity index (χ2n) is 7.30. The summed E-state index contributed by atoms with van der Waals surface area (Å²) in [6.07, 6.45) is 5.42. The van der Waals surface area contributed by atoms with Gasteiger partial charge >= 0.3 is 0 Å². The third kappa shape index (κ3) is 9.79. The Kier molecular flexibility index (Phi) is 11.7. The molecule has 178 valence electrons. The van der Waals surface area contributed by atoms with Gasteiger partial charge in [-0.3, -0.25) is 25.8 Å². The Morgan fingerprint density at radius 2 is 1.73 bits per heavy atom. The van der Waals surface area contributed by atoms with E-state index in [1.54, 1.807) is 18.2 Å².